The summed E-state index contributed by atoms with van der Waals surface area (Å²) in [5.74, 6) is -0.196. The number of hydrogen-bond acceptors (Lipinski definition) is 1. The molecule has 92 valence electrons. The summed E-state index contributed by atoms with van der Waals surface area (Å²) >= 11 is 16.9. The Balaban J connectivity index is 2.79. The maximum absolute atomic E-state index is 11.9. The molecule has 0 saturated heterocycles. The van der Waals surface area contributed by atoms with Gasteiger partial charge in [0.2, 0.25) is 5.91 Å². The van der Waals surface area contributed by atoms with Crippen molar-refractivity contribution >= 4 is 46.4 Å². The number of nitrogens with one attached hydrogen (secondary N) is 1. The van der Waals surface area contributed by atoms with Crippen LogP contribution in [0.5, 0.6) is 0 Å². The molecule has 17 heavy (non-hydrogen) atoms. The molecule has 0 fully saturated rings. The third-order valence-electron chi connectivity index (χ3n) is 2.16. The van der Waals surface area contributed by atoms with Crippen molar-refractivity contribution in [1.82, 2.24) is 0 Å². The lowest BCUT2D eigenvalue weighted by Crippen LogP contribution is -2.28. The standard InChI is InChI=1S/C12H12Cl3NO/c1-12(2,7-10(14)15)11(17)16-9-5-3-8(13)4-6-9/h3-7H,1-2H3,(H,16,17). The van der Waals surface area contributed by atoms with Gasteiger partial charge in [-0.05, 0) is 44.2 Å². The molecule has 0 spiro atoms. The molecular formula is C12H12Cl3NO. The summed E-state index contributed by atoms with van der Waals surface area (Å²) in [5, 5.41) is 3.37. The highest BCUT2D eigenvalue weighted by Gasteiger charge is 2.25. The molecule has 1 rings (SSSR count). The Morgan fingerprint density at radius 3 is 2.24 bits per heavy atom. The first kappa shape index (κ1) is 14.4. The van der Waals surface area contributed by atoms with E-state index in [1.807, 2.05) is 0 Å². The van der Waals surface area contributed by atoms with Gasteiger partial charge in [-0.2, -0.15) is 0 Å². The topological polar surface area (TPSA) is 29.1 Å². The summed E-state index contributed by atoms with van der Waals surface area (Å²) in [5.41, 5.74) is -0.107. The van der Waals surface area contributed by atoms with Crippen molar-refractivity contribution < 1.29 is 4.79 Å². The van der Waals surface area contributed by atoms with E-state index in [9.17, 15) is 4.79 Å². The first-order valence-corrected chi connectivity index (χ1v) is 6.05. The summed E-state index contributed by atoms with van der Waals surface area (Å²) in [6, 6.07) is 6.85. The Bertz CT molecular complexity index is 434. The van der Waals surface area contributed by atoms with E-state index in [1.165, 1.54) is 6.08 Å². The monoisotopic (exact) mass is 291 g/mol. The van der Waals surface area contributed by atoms with Gasteiger partial charge in [0, 0.05) is 10.7 Å². The molecule has 1 amide bonds. The van der Waals surface area contributed by atoms with Gasteiger partial charge >= 0.3 is 0 Å². The average molecular weight is 293 g/mol. The predicted molar refractivity (Wildman–Crippen MR) is 73.7 cm³/mol. The molecule has 0 atom stereocenters. The highest BCUT2D eigenvalue weighted by Crippen LogP contribution is 2.25. The first-order valence-electron chi connectivity index (χ1n) is 4.92. The minimum atomic E-state index is -0.779. The van der Waals surface area contributed by atoms with Crippen LogP contribution >= 0.6 is 34.8 Å². The largest absolute Gasteiger partial charge is 0.325 e. The maximum atomic E-state index is 11.9. The Labute approximate surface area is 116 Å². The smallest absolute Gasteiger partial charge is 0.233 e. The van der Waals surface area contributed by atoms with Crippen LogP contribution in [0.1, 0.15) is 13.8 Å². The van der Waals surface area contributed by atoms with Crippen molar-refractivity contribution in [3.05, 3.63) is 39.9 Å². The summed E-state index contributed by atoms with van der Waals surface area (Å²) < 4.78 is 0.0706. The number of rotatable bonds is 3. The van der Waals surface area contributed by atoms with Crippen LogP contribution in [0.3, 0.4) is 0 Å². The number of anilines is 1. The molecule has 0 heterocycles. The van der Waals surface area contributed by atoms with Crippen molar-refractivity contribution in [3.63, 3.8) is 0 Å². The molecule has 0 aromatic heterocycles. The second-order valence-corrected chi connectivity index (χ2v) is 5.56. The molecule has 0 aliphatic carbocycles. The molecule has 1 aromatic rings. The van der Waals surface area contributed by atoms with E-state index in [-0.39, 0.29) is 10.4 Å². The van der Waals surface area contributed by atoms with Crippen molar-refractivity contribution in [2.75, 3.05) is 5.32 Å². The molecule has 2 nitrogen and oxygen atoms in total. The van der Waals surface area contributed by atoms with Gasteiger partial charge in [0.05, 0.1) is 5.41 Å². The molecule has 1 N–H and O–H groups in total. The predicted octanol–water partition coefficient (Wildman–Crippen LogP) is 4.62. The molecule has 0 radical (unpaired) electrons. The summed E-state index contributed by atoms with van der Waals surface area (Å²) in [6.45, 7) is 3.45. The van der Waals surface area contributed by atoms with Gasteiger partial charge in [0.1, 0.15) is 4.49 Å². The Morgan fingerprint density at radius 1 is 1.24 bits per heavy atom. The van der Waals surface area contributed by atoms with E-state index in [2.05, 4.69) is 5.32 Å². The third-order valence-corrected chi connectivity index (χ3v) is 2.63. The second kappa shape index (κ2) is 5.76. The van der Waals surface area contributed by atoms with E-state index in [1.54, 1.807) is 38.1 Å². The van der Waals surface area contributed by atoms with E-state index in [0.29, 0.717) is 10.7 Å². The summed E-state index contributed by atoms with van der Waals surface area (Å²) in [4.78, 5) is 11.9. The number of benzene rings is 1. The van der Waals surface area contributed by atoms with Crippen LogP contribution < -0.4 is 5.32 Å². The number of amides is 1. The molecule has 0 unspecified atom stereocenters. The maximum Gasteiger partial charge on any atom is 0.233 e. The summed E-state index contributed by atoms with van der Waals surface area (Å²) in [7, 11) is 0. The van der Waals surface area contributed by atoms with Crippen LogP contribution in [0.4, 0.5) is 5.69 Å². The van der Waals surface area contributed by atoms with Gasteiger partial charge in [0.15, 0.2) is 0 Å². The quantitative estimate of drug-likeness (QED) is 0.865. The molecule has 1 aromatic carbocycles. The van der Waals surface area contributed by atoms with E-state index >= 15 is 0 Å². The van der Waals surface area contributed by atoms with Crippen molar-refractivity contribution in [2.45, 2.75) is 13.8 Å². The van der Waals surface area contributed by atoms with Crippen molar-refractivity contribution in [3.8, 4) is 0 Å². The zero-order valence-corrected chi connectivity index (χ0v) is 11.7. The van der Waals surface area contributed by atoms with Crippen LogP contribution in [0, 0.1) is 5.41 Å². The second-order valence-electron chi connectivity index (χ2n) is 4.12. The van der Waals surface area contributed by atoms with E-state index in [4.69, 9.17) is 34.8 Å². The Hall–Kier alpha value is -0.700. The van der Waals surface area contributed by atoms with Gasteiger partial charge in [-0.25, -0.2) is 0 Å². The molecule has 0 saturated carbocycles. The molecule has 5 heteroatoms. The first-order chi connectivity index (χ1) is 7.81. The van der Waals surface area contributed by atoms with Gasteiger partial charge in [-0.1, -0.05) is 34.8 Å². The zero-order chi connectivity index (χ0) is 13.1. The lowest BCUT2D eigenvalue weighted by Gasteiger charge is -2.19. The Morgan fingerprint density at radius 2 is 1.76 bits per heavy atom. The van der Waals surface area contributed by atoms with Crippen LogP contribution in [0.15, 0.2) is 34.8 Å². The fourth-order valence-corrected chi connectivity index (χ4v) is 1.84. The van der Waals surface area contributed by atoms with E-state index < -0.39 is 5.41 Å². The number of carbonyl (C=O) groups is 1. The van der Waals surface area contributed by atoms with Crippen molar-refractivity contribution in [1.29, 1.82) is 0 Å². The van der Waals surface area contributed by atoms with Gasteiger partial charge in [-0.15, -0.1) is 0 Å². The average Bonchev–Trinajstić information content (AvgIpc) is 2.19. The number of hydrogen-bond donors (Lipinski definition) is 1. The SMILES string of the molecule is CC(C)(C=C(Cl)Cl)C(=O)Nc1ccc(Cl)cc1. The number of carbonyl (C=O) groups excluding carboxylic acids is 1. The highest BCUT2D eigenvalue weighted by molar-refractivity contribution is 6.56. The Kier molecular flexibility index (Phi) is 4.87. The number of halogens is 3. The minimum absolute atomic E-state index is 0.0706. The van der Waals surface area contributed by atoms with Crippen LogP contribution in [0.25, 0.3) is 0 Å². The van der Waals surface area contributed by atoms with Crippen LogP contribution in [-0.4, -0.2) is 5.91 Å². The summed E-state index contributed by atoms with van der Waals surface area (Å²) in [6.07, 6.45) is 1.49. The third kappa shape index (κ3) is 4.58. The molecule has 0 aliphatic rings. The van der Waals surface area contributed by atoms with Gasteiger partial charge < -0.3 is 5.32 Å². The van der Waals surface area contributed by atoms with Crippen LogP contribution in [0.2, 0.25) is 5.02 Å². The molecular weight excluding hydrogens is 280 g/mol. The van der Waals surface area contributed by atoms with Crippen molar-refractivity contribution in [2.24, 2.45) is 5.41 Å². The van der Waals surface area contributed by atoms with E-state index in [0.717, 1.165) is 0 Å². The fraction of sp³-hybridized carbons (Fsp3) is 0.250. The van der Waals surface area contributed by atoms with Gasteiger partial charge in [-0.3, -0.25) is 4.79 Å². The van der Waals surface area contributed by atoms with Crippen LogP contribution in [-0.2, 0) is 4.79 Å². The molecule has 0 aliphatic heterocycles. The lowest BCUT2D eigenvalue weighted by atomic mass is 9.92. The van der Waals surface area contributed by atoms with Gasteiger partial charge in [0.25, 0.3) is 0 Å². The fourth-order valence-electron chi connectivity index (χ4n) is 1.16. The zero-order valence-electron chi connectivity index (χ0n) is 9.43. The lowest BCUT2D eigenvalue weighted by molar-refractivity contribution is -0.121. The highest BCUT2D eigenvalue weighted by atomic mass is 35.5. The normalized spacial score (nSPS) is 10.9. The minimum Gasteiger partial charge on any atom is -0.325 e. The molecule has 0 bridgehead atoms.